The number of benzene rings is 2. The van der Waals surface area contributed by atoms with Crippen LogP contribution in [0, 0.1) is 12.7 Å². The van der Waals surface area contributed by atoms with Crippen LogP contribution in [-0.4, -0.2) is 14.8 Å². The molecule has 0 unspecified atom stereocenters. The Morgan fingerprint density at radius 3 is 2.80 bits per heavy atom. The van der Waals surface area contributed by atoms with Gasteiger partial charge in [-0.05, 0) is 55.2 Å². The second-order valence-corrected chi connectivity index (χ2v) is 8.71. The van der Waals surface area contributed by atoms with E-state index in [9.17, 15) is 9.18 Å². The first-order valence-corrected chi connectivity index (χ1v) is 10.9. The molecule has 1 aliphatic rings. The minimum Gasteiger partial charge on any atom is -0.423 e. The first kappa shape index (κ1) is 19.3. The molecule has 4 aromatic rings. The molecule has 0 spiro atoms. The van der Waals surface area contributed by atoms with E-state index >= 15 is 0 Å². The summed E-state index contributed by atoms with van der Waals surface area (Å²) in [7, 11) is 0. The molecule has 0 amide bonds. The van der Waals surface area contributed by atoms with Crippen LogP contribution in [0.15, 0.2) is 56.8 Å². The van der Waals surface area contributed by atoms with Crippen LogP contribution in [0.1, 0.15) is 30.0 Å². The fourth-order valence-electron chi connectivity index (χ4n) is 3.47. The fraction of sp³-hybridized carbons (Fsp3) is 0.227. The molecule has 0 bridgehead atoms. The van der Waals surface area contributed by atoms with Crippen LogP contribution in [0.25, 0.3) is 22.4 Å². The van der Waals surface area contributed by atoms with Gasteiger partial charge in [-0.3, -0.25) is 4.57 Å². The molecule has 0 atom stereocenters. The van der Waals surface area contributed by atoms with E-state index in [1.807, 2.05) is 17.6 Å². The highest BCUT2D eigenvalue weighted by atomic mass is 35.5. The zero-order chi connectivity index (χ0) is 20.8. The summed E-state index contributed by atoms with van der Waals surface area (Å²) in [6.07, 6.45) is 2.03. The summed E-state index contributed by atoms with van der Waals surface area (Å²) in [4.78, 5) is 12.0. The third-order valence-corrected chi connectivity index (χ3v) is 6.56. The third kappa shape index (κ3) is 3.52. The van der Waals surface area contributed by atoms with E-state index in [1.165, 1.54) is 23.9 Å². The van der Waals surface area contributed by atoms with Gasteiger partial charge in [0.05, 0.1) is 5.56 Å². The zero-order valence-corrected chi connectivity index (χ0v) is 17.6. The lowest BCUT2D eigenvalue weighted by molar-refractivity contribution is 0.559. The molecular formula is C22H17ClFN3O2S. The van der Waals surface area contributed by atoms with E-state index in [0.717, 1.165) is 29.4 Å². The lowest BCUT2D eigenvalue weighted by Crippen LogP contribution is -2.02. The number of hydrogen-bond donors (Lipinski definition) is 0. The summed E-state index contributed by atoms with van der Waals surface area (Å²) in [6, 6.07) is 11.9. The van der Waals surface area contributed by atoms with Crippen molar-refractivity contribution < 1.29 is 8.81 Å². The predicted octanol–water partition coefficient (Wildman–Crippen LogP) is 5.78. The Hall–Kier alpha value is -2.64. The van der Waals surface area contributed by atoms with E-state index < -0.39 is 5.63 Å². The van der Waals surface area contributed by atoms with Gasteiger partial charge in [0.15, 0.2) is 11.0 Å². The molecule has 0 radical (unpaired) electrons. The van der Waals surface area contributed by atoms with Gasteiger partial charge in [0, 0.05) is 28.3 Å². The van der Waals surface area contributed by atoms with Gasteiger partial charge in [-0.15, -0.1) is 10.2 Å². The number of nitrogens with zero attached hydrogens (tertiary/aromatic N) is 3. The SMILES string of the molecule is Cc1cc2oc(=O)cc(CSc3nnc(-c4ccccc4F)n3C3CC3)c2cc1Cl. The highest BCUT2D eigenvalue weighted by Crippen LogP contribution is 2.42. The summed E-state index contributed by atoms with van der Waals surface area (Å²) in [5, 5.41) is 10.7. The Morgan fingerprint density at radius 1 is 1.23 bits per heavy atom. The van der Waals surface area contributed by atoms with Gasteiger partial charge in [0.1, 0.15) is 11.4 Å². The van der Waals surface area contributed by atoms with Crippen LogP contribution < -0.4 is 5.63 Å². The van der Waals surface area contributed by atoms with Gasteiger partial charge in [0.2, 0.25) is 0 Å². The monoisotopic (exact) mass is 441 g/mol. The van der Waals surface area contributed by atoms with E-state index in [-0.39, 0.29) is 11.9 Å². The van der Waals surface area contributed by atoms with Gasteiger partial charge >= 0.3 is 5.63 Å². The van der Waals surface area contributed by atoms with Crippen molar-refractivity contribution in [1.82, 2.24) is 14.8 Å². The molecule has 1 saturated carbocycles. The molecule has 0 saturated heterocycles. The maximum Gasteiger partial charge on any atom is 0.336 e. The van der Waals surface area contributed by atoms with Crippen LogP contribution in [0.2, 0.25) is 5.02 Å². The van der Waals surface area contributed by atoms with E-state index in [1.54, 1.807) is 24.3 Å². The van der Waals surface area contributed by atoms with E-state index in [4.69, 9.17) is 16.0 Å². The Kier molecular flexibility index (Phi) is 4.87. The number of hydrogen-bond acceptors (Lipinski definition) is 5. The van der Waals surface area contributed by atoms with E-state index in [0.29, 0.717) is 32.9 Å². The number of aryl methyl sites for hydroxylation is 1. The maximum atomic E-state index is 14.3. The topological polar surface area (TPSA) is 60.9 Å². The van der Waals surface area contributed by atoms with Crippen molar-refractivity contribution in [3.8, 4) is 11.4 Å². The molecule has 8 heteroatoms. The molecule has 30 heavy (non-hydrogen) atoms. The standard InChI is InChI=1S/C22H17ClFN3O2S/c1-12-8-19-16(10-17(12)23)13(9-20(28)29-19)11-30-22-26-25-21(27(22)14-6-7-14)15-4-2-3-5-18(15)24/h2-5,8-10,14H,6-7,11H2,1H3. The molecule has 2 aromatic heterocycles. The third-order valence-electron chi connectivity index (χ3n) is 5.16. The van der Waals surface area contributed by atoms with E-state index in [2.05, 4.69) is 10.2 Å². The van der Waals surface area contributed by atoms with Crippen LogP contribution in [-0.2, 0) is 5.75 Å². The lowest BCUT2D eigenvalue weighted by atomic mass is 10.1. The largest absolute Gasteiger partial charge is 0.423 e. The molecule has 5 rings (SSSR count). The minimum atomic E-state index is -0.407. The number of aromatic nitrogens is 3. The Bertz CT molecular complexity index is 1330. The number of rotatable bonds is 5. The lowest BCUT2D eigenvalue weighted by Gasteiger charge is -2.10. The van der Waals surface area contributed by atoms with Crippen molar-refractivity contribution in [2.24, 2.45) is 0 Å². The first-order valence-electron chi connectivity index (χ1n) is 9.57. The summed E-state index contributed by atoms with van der Waals surface area (Å²) < 4.78 is 21.7. The van der Waals surface area contributed by atoms with Crippen molar-refractivity contribution in [2.75, 3.05) is 0 Å². The number of halogens is 2. The van der Waals surface area contributed by atoms with Crippen molar-refractivity contribution in [3.63, 3.8) is 0 Å². The van der Waals surface area contributed by atoms with Crippen LogP contribution in [0.3, 0.4) is 0 Å². The second kappa shape index (κ2) is 7.56. The highest BCUT2D eigenvalue weighted by Gasteiger charge is 2.31. The summed E-state index contributed by atoms with van der Waals surface area (Å²) >= 11 is 7.76. The average molecular weight is 442 g/mol. The summed E-state index contributed by atoms with van der Waals surface area (Å²) in [5.41, 5.74) is 2.20. The minimum absolute atomic E-state index is 0.270. The number of fused-ring (bicyclic) bond motifs is 1. The first-order chi connectivity index (χ1) is 14.5. The van der Waals surface area contributed by atoms with Gasteiger partial charge in [-0.1, -0.05) is 35.5 Å². The normalized spacial score (nSPS) is 13.8. The molecule has 2 aromatic carbocycles. The second-order valence-electron chi connectivity index (χ2n) is 7.36. The van der Waals surface area contributed by atoms with Gasteiger partial charge in [0.25, 0.3) is 0 Å². The van der Waals surface area contributed by atoms with Crippen LogP contribution >= 0.6 is 23.4 Å². The van der Waals surface area contributed by atoms with Crippen LogP contribution in [0.4, 0.5) is 4.39 Å². The van der Waals surface area contributed by atoms with Gasteiger partial charge < -0.3 is 4.42 Å². The van der Waals surface area contributed by atoms with Gasteiger partial charge in [-0.25, -0.2) is 9.18 Å². The molecule has 5 nitrogen and oxygen atoms in total. The van der Waals surface area contributed by atoms with Crippen molar-refractivity contribution in [3.05, 3.63) is 74.9 Å². The quantitative estimate of drug-likeness (QED) is 0.290. The van der Waals surface area contributed by atoms with Crippen molar-refractivity contribution in [1.29, 1.82) is 0 Å². The molecule has 0 N–H and O–H groups in total. The average Bonchev–Trinajstić information content (AvgIpc) is 3.47. The van der Waals surface area contributed by atoms with Crippen molar-refractivity contribution >= 4 is 34.3 Å². The van der Waals surface area contributed by atoms with Crippen LogP contribution in [0.5, 0.6) is 0 Å². The molecular weight excluding hydrogens is 425 g/mol. The Morgan fingerprint density at radius 2 is 2.03 bits per heavy atom. The zero-order valence-electron chi connectivity index (χ0n) is 16.1. The molecule has 1 fully saturated rings. The molecule has 152 valence electrons. The molecule has 2 heterocycles. The predicted molar refractivity (Wildman–Crippen MR) is 115 cm³/mol. The Labute approximate surface area is 180 Å². The fourth-order valence-corrected chi connectivity index (χ4v) is 4.63. The van der Waals surface area contributed by atoms with Gasteiger partial charge in [-0.2, -0.15) is 0 Å². The maximum absolute atomic E-state index is 14.3. The van der Waals surface area contributed by atoms with Crippen molar-refractivity contribution in [2.45, 2.75) is 36.7 Å². The highest BCUT2D eigenvalue weighted by molar-refractivity contribution is 7.98. The molecule has 0 aliphatic heterocycles. The molecule has 1 aliphatic carbocycles. The number of thioether (sulfide) groups is 1. The smallest absolute Gasteiger partial charge is 0.336 e. The summed E-state index contributed by atoms with van der Waals surface area (Å²) in [5.74, 6) is 0.707. The Balaban J connectivity index is 1.52. The summed E-state index contributed by atoms with van der Waals surface area (Å²) in [6.45, 7) is 1.87.